The van der Waals surface area contributed by atoms with Crippen molar-refractivity contribution in [3.05, 3.63) is 38.9 Å². The summed E-state index contributed by atoms with van der Waals surface area (Å²) in [7, 11) is 0. The van der Waals surface area contributed by atoms with Gasteiger partial charge in [-0.2, -0.15) is 13.2 Å². The third kappa shape index (κ3) is 2.75. The van der Waals surface area contributed by atoms with Gasteiger partial charge < -0.3 is 0 Å². The van der Waals surface area contributed by atoms with E-state index in [1.165, 1.54) is 6.92 Å². The van der Waals surface area contributed by atoms with E-state index in [-0.39, 0.29) is 17.5 Å². The fourth-order valence-electron chi connectivity index (χ4n) is 1.47. The second-order valence-corrected chi connectivity index (χ2v) is 3.43. The molecule has 0 bridgehead atoms. The SMILES string of the molecule is C#CCc1cc(C)c([N+](=O)[O-])cc1C(F)(F)F. The van der Waals surface area contributed by atoms with Gasteiger partial charge in [0, 0.05) is 18.1 Å². The Morgan fingerprint density at radius 3 is 2.47 bits per heavy atom. The molecule has 0 heterocycles. The molecule has 0 radical (unpaired) electrons. The summed E-state index contributed by atoms with van der Waals surface area (Å²) in [5.74, 6) is 2.10. The maximum absolute atomic E-state index is 12.7. The average molecular weight is 243 g/mol. The number of aryl methyl sites for hydroxylation is 1. The second kappa shape index (κ2) is 4.45. The molecule has 0 amide bonds. The molecule has 1 aromatic rings. The molecule has 0 aliphatic rings. The molecule has 0 atom stereocenters. The highest BCUT2D eigenvalue weighted by atomic mass is 19.4. The van der Waals surface area contributed by atoms with Crippen molar-refractivity contribution in [3.8, 4) is 12.3 Å². The molecule has 0 saturated heterocycles. The van der Waals surface area contributed by atoms with Crippen LogP contribution in [-0.4, -0.2) is 4.92 Å². The van der Waals surface area contributed by atoms with Gasteiger partial charge in [-0.3, -0.25) is 10.1 Å². The number of hydrogen-bond donors (Lipinski definition) is 0. The fraction of sp³-hybridized carbons (Fsp3) is 0.273. The van der Waals surface area contributed by atoms with Crippen molar-refractivity contribution in [2.75, 3.05) is 0 Å². The van der Waals surface area contributed by atoms with Crippen molar-refractivity contribution < 1.29 is 18.1 Å². The number of halogens is 3. The lowest BCUT2D eigenvalue weighted by molar-refractivity contribution is -0.385. The lowest BCUT2D eigenvalue weighted by Crippen LogP contribution is -2.10. The summed E-state index contributed by atoms with van der Waals surface area (Å²) in [5, 5.41) is 10.6. The number of nitrogens with zero attached hydrogens (tertiary/aromatic N) is 1. The van der Waals surface area contributed by atoms with Gasteiger partial charge in [0.05, 0.1) is 10.5 Å². The van der Waals surface area contributed by atoms with Crippen molar-refractivity contribution in [2.45, 2.75) is 19.5 Å². The maximum Gasteiger partial charge on any atom is 0.416 e. The summed E-state index contributed by atoms with van der Waals surface area (Å²) in [6, 6.07) is 1.64. The first-order valence-corrected chi connectivity index (χ1v) is 4.56. The van der Waals surface area contributed by atoms with Gasteiger partial charge in [0.25, 0.3) is 5.69 Å². The summed E-state index contributed by atoms with van der Waals surface area (Å²) < 4.78 is 38.0. The van der Waals surface area contributed by atoms with Crippen LogP contribution >= 0.6 is 0 Å². The smallest absolute Gasteiger partial charge is 0.258 e. The topological polar surface area (TPSA) is 43.1 Å². The molecule has 0 unspecified atom stereocenters. The zero-order valence-corrected chi connectivity index (χ0v) is 8.84. The van der Waals surface area contributed by atoms with E-state index in [9.17, 15) is 23.3 Å². The van der Waals surface area contributed by atoms with Gasteiger partial charge in [0.2, 0.25) is 0 Å². The monoisotopic (exact) mass is 243 g/mol. The first-order valence-electron chi connectivity index (χ1n) is 4.56. The van der Waals surface area contributed by atoms with Gasteiger partial charge in [-0.15, -0.1) is 12.3 Å². The highest BCUT2D eigenvalue weighted by Crippen LogP contribution is 2.36. The molecule has 0 saturated carbocycles. The van der Waals surface area contributed by atoms with Crippen LogP contribution < -0.4 is 0 Å². The van der Waals surface area contributed by atoms with E-state index in [1.807, 2.05) is 0 Å². The molecule has 0 aliphatic carbocycles. The van der Waals surface area contributed by atoms with Crippen molar-refractivity contribution in [1.29, 1.82) is 0 Å². The van der Waals surface area contributed by atoms with Gasteiger partial charge in [0.1, 0.15) is 0 Å². The lowest BCUT2D eigenvalue weighted by Gasteiger charge is -2.12. The van der Waals surface area contributed by atoms with Gasteiger partial charge in [-0.05, 0) is 18.6 Å². The third-order valence-electron chi connectivity index (χ3n) is 2.22. The highest BCUT2D eigenvalue weighted by Gasteiger charge is 2.35. The largest absolute Gasteiger partial charge is 0.416 e. The zero-order chi connectivity index (χ0) is 13.2. The van der Waals surface area contributed by atoms with E-state index in [4.69, 9.17) is 6.42 Å². The van der Waals surface area contributed by atoms with Gasteiger partial charge in [-0.1, -0.05) is 0 Å². The van der Waals surface area contributed by atoms with Crippen LogP contribution in [0, 0.1) is 29.4 Å². The molecule has 6 heteroatoms. The molecule has 3 nitrogen and oxygen atoms in total. The molecular formula is C11H8F3NO2. The van der Waals surface area contributed by atoms with E-state index in [1.54, 1.807) is 0 Å². The van der Waals surface area contributed by atoms with Crippen LogP contribution in [0.1, 0.15) is 16.7 Å². The Morgan fingerprint density at radius 1 is 1.47 bits per heavy atom. The highest BCUT2D eigenvalue weighted by molar-refractivity contribution is 5.48. The first-order chi connectivity index (χ1) is 7.77. The van der Waals surface area contributed by atoms with Crippen LogP contribution in [0.4, 0.5) is 18.9 Å². The quantitative estimate of drug-likeness (QED) is 0.455. The van der Waals surface area contributed by atoms with Crippen LogP contribution in [0.25, 0.3) is 0 Å². The number of nitro groups is 1. The molecule has 0 spiro atoms. The molecule has 0 N–H and O–H groups in total. The number of rotatable bonds is 2. The Kier molecular flexibility index (Phi) is 3.42. The van der Waals surface area contributed by atoms with Crippen LogP contribution in [0.3, 0.4) is 0 Å². The molecule has 0 aromatic heterocycles. The maximum atomic E-state index is 12.7. The number of benzene rings is 1. The van der Waals surface area contributed by atoms with Crippen molar-refractivity contribution in [2.24, 2.45) is 0 Å². The lowest BCUT2D eigenvalue weighted by atomic mass is 10.00. The van der Waals surface area contributed by atoms with E-state index in [0.717, 1.165) is 6.07 Å². The van der Waals surface area contributed by atoms with Crippen LogP contribution in [-0.2, 0) is 12.6 Å². The fourth-order valence-corrected chi connectivity index (χ4v) is 1.47. The molecule has 17 heavy (non-hydrogen) atoms. The molecule has 1 aromatic carbocycles. The molecule has 1 rings (SSSR count). The molecular weight excluding hydrogens is 235 g/mol. The van der Waals surface area contributed by atoms with E-state index in [0.29, 0.717) is 6.07 Å². The summed E-state index contributed by atoms with van der Waals surface area (Å²) in [6.07, 6.45) is 0.107. The zero-order valence-electron chi connectivity index (χ0n) is 8.84. The normalized spacial score (nSPS) is 11.0. The van der Waals surface area contributed by atoms with Crippen LogP contribution in [0.5, 0.6) is 0 Å². The first kappa shape index (κ1) is 13.0. The minimum Gasteiger partial charge on any atom is -0.258 e. The molecule has 0 fully saturated rings. The van der Waals surface area contributed by atoms with Crippen LogP contribution in [0.15, 0.2) is 12.1 Å². The Balaban J connectivity index is 3.49. The minimum absolute atomic E-state index is 0.122. The third-order valence-corrected chi connectivity index (χ3v) is 2.22. The molecule has 0 aliphatic heterocycles. The standard InChI is InChI=1S/C11H8F3NO2/c1-3-4-8-5-7(2)10(15(16)17)6-9(8)11(12,13)14/h1,5-6H,4H2,2H3. The van der Waals surface area contributed by atoms with Crippen LogP contribution in [0.2, 0.25) is 0 Å². The number of alkyl halides is 3. The predicted molar refractivity (Wildman–Crippen MR) is 55.4 cm³/mol. The van der Waals surface area contributed by atoms with E-state index in [2.05, 4.69) is 5.92 Å². The summed E-state index contributed by atoms with van der Waals surface area (Å²) >= 11 is 0. The number of nitro benzene ring substituents is 1. The van der Waals surface area contributed by atoms with Gasteiger partial charge >= 0.3 is 6.18 Å². The Labute approximate surface area is 95.4 Å². The second-order valence-electron chi connectivity index (χ2n) is 3.43. The predicted octanol–water partition coefficient (Wildman–Crippen LogP) is 3.10. The van der Waals surface area contributed by atoms with E-state index >= 15 is 0 Å². The summed E-state index contributed by atoms with van der Waals surface area (Å²) in [6.45, 7) is 1.37. The Morgan fingerprint density at radius 2 is 2.06 bits per heavy atom. The summed E-state index contributed by atoms with van der Waals surface area (Å²) in [5.41, 5.74) is -1.57. The molecule has 90 valence electrons. The Hall–Kier alpha value is -2.03. The van der Waals surface area contributed by atoms with E-state index < -0.39 is 22.4 Å². The van der Waals surface area contributed by atoms with Crippen molar-refractivity contribution in [3.63, 3.8) is 0 Å². The minimum atomic E-state index is -4.65. The Bertz CT molecular complexity index is 501. The average Bonchev–Trinajstić information content (AvgIpc) is 2.15. The summed E-state index contributed by atoms with van der Waals surface area (Å²) in [4.78, 5) is 9.72. The number of terminal acetylenes is 1. The van der Waals surface area contributed by atoms with Crippen molar-refractivity contribution in [1.82, 2.24) is 0 Å². The van der Waals surface area contributed by atoms with Gasteiger partial charge in [-0.25, -0.2) is 0 Å². The number of hydrogen-bond acceptors (Lipinski definition) is 2. The van der Waals surface area contributed by atoms with Gasteiger partial charge in [0.15, 0.2) is 0 Å². The van der Waals surface area contributed by atoms with Crippen molar-refractivity contribution >= 4 is 5.69 Å².